The zero-order chi connectivity index (χ0) is 16.8. The number of amides is 2. The average Bonchev–Trinajstić information content (AvgIpc) is 2.49. The fourth-order valence-electron chi connectivity index (χ4n) is 4.39. The first kappa shape index (κ1) is 16.0. The molecule has 1 aliphatic carbocycles. The van der Waals surface area contributed by atoms with Crippen molar-refractivity contribution in [3.05, 3.63) is 23.2 Å². The number of benzene rings is 1. The van der Waals surface area contributed by atoms with E-state index in [1.165, 1.54) is 0 Å². The van der Waals surface area contributed by atoms with Crippen molar-refractivity contribution in [2.24, 2.45) is 5.92 Å². The van der Waals surface area contributed by atoms with Crippen LogP contribution < -0.4 is 10.2 Å². The second-order valence-electron chi connectivity index (χ2n) is 7.41. The molecule has 0 spiro atoms. The van der Waals surface area contributed by atoms with Crippen LogP contribution in [0.4, 0.5) is 20.6 Å². The third-order valence-electron chi connectivity index (χ3n) is 5.74. The first-order chi connectivity index (χ1) is 11.6. The molecule has 3 atom stereocenters. The second-order valence-corrected chi connectivity index (χ2v) is 7.82. The van der Waals surface area contributed by atoms with Crippen molar-refractivity contribution in [2.75, 3.05) is 23.4 Å². The Morgan fingerprint density at radius 1 is 1.33 bits per heavy atom. The van der Waals surface area contributed by atoms with E-state index < -0.39 is 0 Å². The van der Waals surface area contributed by atoms with Gasteiger partial charge in [0.05, 0.1) is 16.8 Å². The third-order valence-corrected chi connectivity index (χ3v) is 6.06. The van der Waals surface area contributed by atoms with Crippen molar-refractivity contribution in [1.82, 2.24) is 4.90 Å². The minimum atomic E-state index is -0.373. The number of anilines is 2. The highest BCUT2D eigenvalue weighted by atomic mass is 35.5. The highest BCUT2D eigenvalue weighted by Crippen LogP contribution is 2.41. The van der Waals surface area contributed by atoms with Gasteiger partial charge in [0, 0.05) is 24.3 Å². The lowest BCUT2D eigenvalue weighted by Gasteiger charge is -2.54. The number of nitrogens with zero attached hydrogens (tertiary/aromatic N) is 2. The Kier molecular flexibility index (Phi) is 4.07. The summed E-state index contributed by atoms with van der Waals surface area (Å²) in [6.07, 6.45) is 4.18. The van der Waals surface area contributed by atoms with Crippen LogP contribution in [0.5, 0.6) is 0 Å². The molecule has 5 rings (SSSR count). The van der Waals surface area contributed by atoms with Crippen LogP contribution in [0, 0.1) is 5.92 Å². The van der Waals surface area contributed by atoms with Gasteiger partial charge >= 0.3 is 6.03 Å². The molecule has 1 saturated carbocycles. The van der Waals surface area contributed by atoms with Gasteiger partial charge in [-0.2, -0.15) is 0 Å². The standard InChI is InChI=1S/C18H23ClFN3O/c1-11-6-14-9-15(7-11)23(14)18(24)21-12-2-3-16(19)17(8-12)22-5-4-13(22)10-20/h2-3,8,11,13-15H,4-7,9-10H2,1H3,(H,21,24)/t11?,13-,14?,15?/m1/s1. The van der Waals surface area contributed by atoms with Gasteiger partial charge in [-0.05, 0) is 49.8 Å². The quantitative estimate of drug-likeness (QED) is 0.881. The molecule has 24 heavy (non-hydrogen) atoms. The molecule has 6 heteroatoms. The number of nitrogens with one attached hydrogen (secondary N) is 1. The first-order valence-electron chi connectivity index (χ1n) is 8.78. The van der Waals surface area contributed by atoms with E-state index in [2.05, 4.69) is 12.2 Å². The van der Waals surface area contributed by atoms with Crippen LogP contribution in [0.25, 0.3) is 0 Å². The molecule has 1 N–H and O–H groups in total. The van der Waals surface area contributed by atoms with Gasteiger partial charge in [0.2, 0.25) is 0 Å². The van der Waals surface area contributed by atoms with Crippen molar-refractivity contribution >= 4 is 29.0 Å². The van der Waals surface area contributed by atoms with Crippen LogP contribution in [-0.2, 0) is 0 Å². The van der Waals surface area contributed by atoms with Gasteiger partial charge in [-0.15, -0.1) is 0 Å². The van der Waals surface area contributed by atoms with Gasteiger partial charge < -0.3 is 15.1 Å². The van der Waals surface area contributed by atoms with E-state index in [0.29, 0.717) is 23.0 Å². The summed E-state index contributed by atoms with van der Waals surface area (Å²) in [6, 6.07) is 6.10. The fraction of sp³-hybridized carbons (Fsp3) is 0.611. The van der Waals surface area contributed by atoms with Crippen LogP contribution in [0.15, 0.2) is 18.2 Å². The lowest BCUT2D eigenvalue weighted by atomic mass is 9.74. The van der Waals surface area contributed by atoms with Crippen molar-refractivity contribution < 1.29 is 9.18 Å². The molecule has 1 aromatic carbocycles. The smallest absolute Gasteiger partial charge is 0.322 e. The Morgan fingerprint density at radius 2 is 2.08 bits per heavy atom. The Bertz CT molecular complexity index is 641. The van der Waals surface area contributed by atoms with Crippen LogP contribution >= 0.6 is 11.6 Å². The average molecular weight is 352 g/mol. The minimum absolute atomic E-state index is 0.0259. The Balaban J connectivity index is 1.46. The number of carbonyl (C=O) groups excluding carboxylic acids is 1. The molecule has 3 heterocycles. The van der Waals surface area contributed by atoms with Gasteiger partial charge in [0.15, 0.2) is 0 Å². The third kappa shape index (κ3) is 2.63. The monoisotopic (exact) mass is 351 g/mol. The summed E-state index contributed by atoms with van der Waals surface area (Å²) in [5.41, 5.74) is 1.53. The number of rotatable bonds is 3. The largest absolute Gasteiger partial charge is 0.365 e. The Labute approximate surface area is 146 Å². The molecule has 0 aromatic heterocycles. The van der Waals surface area contributed by atoms with E-state index in [-0.39, 0.29) is 18.7 Å². The molecule has 0 radical (unpaired) electrons. The molecule has 4 fully saturated rings. The van der Waals surface area contributed by atoms with E-state index in [9.17, 15) is 9.18 Å². The number of alkyl halides is 1. The normalized spacial score (nSPS) is 31.3. The molecule has 2 unspecified atom stereocenters. The van der Waals surface area contributed by atoms with E-state index in [1.54, 1.807) is 6.07 Å². The van der Waals surface area contributed by atoms with E-state index >= 15 is 0 Å². The molecule has 1 aromatic rings. The molecule has 3 saturated heterocycles. The van der Waals surface area contributed by atoms with Gasteiger partial charge in [0.25, 0.3) is 0 Å². The summed E-state index contributed by atoms with van der Waals surface area (Å²) in [6.45, 7) is 2.69. The number of piperidine rings is 1. The van der Waals surface area contributed by atoms with Crippen LogP contribution in [0.1, 0.15) is 32.6 Å². The molecule has 4 aliphatic rings. The summed E-state index contributed by atoms with van der Waals surface area (Å²) in [5, 5.41) is 3.60. The number of hydrogen-bond acceptors (Lipinski definition) is 2. The van der Waals surface area contributed by atoms with E-state index in [0.717, 1.165) is 43.6 Å². The first-order valence-corrected chi connectivity index (χ1v) is 9.16. The van der Waals surface area contributed by atoms with Gasteiger partial charge in [0.1, 0.15) is 6.67 Å². The maximum Gasteiger partial charge on any atom is 0.322 e. The molecule has 2 bridgehead atoms. The molecular formula is C18H23ClFN3O. The summed E-state index contributed by atoms with van der Waals surface area (Å²) < 4.78 is 13.0. The summed E-state index contributed by atoms with van der Waals surface area (Å²) in [5.74, 6) is 0.712. The summed E-state index contributed by atoms with van der Waals surface area (Å²) in [4.78, 5) is 16.6. The Hall–Kier alpha value is -1.49. The predicted molar refractivity (Wildman–Crippen MR) is 94.6 cm³/mol. The molecular weight excluding hydrogens is 329 g/mol. The highest BCUT2D eigenvalue weighted by molar-refractivity contribution is 6.33. The number of urea groups is 1. The second kappa shape index (κ2) is 6.10. The SMILES string of the molecule is CC1CC2CC(C1)N2C(=O)Nc1ccc(Cl)c(N2CC[C@@H]2CF)c1. The number of carbonyl (C=O) groups is 1. The van der Waals surface area contributed by atoms with Gasteiger partial charge in [-0.1, -0.05) is 18.5 Å². The van der Waals surface area contributed by atoms with Gasteiger partial charge in [-0.3, -0.25) is 0 Å². The van der Waals surface area contributed by atoms with Crippen LogP contribution in [-0.4, -0.2) is 42.3 Å². The van der Waals surface area contributed by atoms with Crippen molar-refractivity contribution in [3.8, 4) is 0 Å². The summed E-state index contributed by atoms with van der Waals surface area (Å²) in [7, 11) is 0. The highest BCUT2D eigenvalue weighted by Gasteiger charge is 2.46. The topological polar surface area (TPSA) is 35.6 Å². The molecule has 130 valence electrons. The predicted octanol–water partition coefficient (Wildman–Crippen LogP) is 4.29. The molecule has 2 amide bonds. The Morgan fingerprint density at radius 3 is 2.71 bits per heavy atom. The van der Waals surface area contributed by atoms with E-state index in [4.69, 9.17) is 11.6 Å². The molecule has 4 nitrogen and oxygen atoms in total. The van der Waals surface area contributed by atoms with Crippen molar-refractivity contribution in [2.45, 2.75) is 50.7 Å². The summed E-state index contributed by atoms with van der Waals surface area (Å²) >= 11 is 6.27. The zero-order valence-corrected chi connectivity index (χ0v) is 14.6. The number of hydrogen-bond donors (Lipinski definition) is 1. The zero-order valence-electron chi connectivity index (χ0n) is 13.8. The van der Waals surface area contributed by atoms with Gasteiger partial charge in [-0.25, -0.2) is 9.18 Å². The maximum absolute atomic E-state index is 13.0. The fourth-order valence-corrected chi connectivity index (χ4v) is 4.62. The maximum atomic E-state index is 13.0. The van der Waals surface area contributed by atoms with Crippen molar-refractivity contribution in [3.63, 3.8) is 0 Å². The lowest BCUT2D eigenvalue weighted by molar-refractivity contribution is -0.00600. The van der Waals surface area contributed by atoms with Crippen molar-refractivity contribution in [1.29, 1.82) is 0 Å². The van der Waals surface area contributed by atoms with Crippen LogP contribution in [0.2, 0.25) is 5.02 Å². The molecule has 3 aliphatic heterocycles. The van der Waals surface area contributed by atoms with E-state index in [1.807, 2.05) is 21.9 Å². The lowest BCUT2D eigenvalue weighted by Crippen LogP contribution is -2.63. The minimum Gasteiger partial charge on any atom is -0.365 e. The number of fused-ring (bicyclic) bond motifs is 2. The number of halogens is 2. The van der Waals surface area contributed by atoms with Crippen LogP contribution in [0.3, 0.4) is 0 Å².